The lowest BCUT2D eigenvalue weighted by molar-refractivity contribution is -0.142. The quantitative estimate of drug-likeness (QED) is 0.811. The smallest absolute Gasteiger partial charge is 0.242 e. The van der Waals surface area contributed by atoms with Crippen LogP contribution in [0.4, 0.5) is 0 Å². The first-order valence-electron chi connectivity index (χ1n) is 8.37. The molecule has 2 aliphatic heterocycles. The van der Waals surface area contributed by atoms with Gasteiger partial charge in [0.1, 0.15) is 0 Å². The molecule has 3 rings (SSSR count). The molecular formula is C16H24N4O3. The lowest BCUT2D eigenvalue weighted by Crippen LogP contribution is -2.46. The number of hydrogen-bond acceptors (Lipinski definition) is 4. The molecule has 23 heavy (non-hydrogen) atoms. The molecule has 7 nitrogen and oxygen atoms in total. The summed E-state index contributed by atoms with van der Waals surface area (Å²) in [5, 5.41) is 4.19. The van der Waals surface area contributed by atoms with E-state index in [4.69, 9.17) is 4.74 Å². The average molecular weight is 320 g/mol. The van der Waals surface area contributed by atoms with Crippen LogP contribution in [0, 0.1) is 0 Å². The van der Waals surface area contributed by atoms with Crippen LogP contribution in [-0.2, 0) is 20.9 Å². The number of likely N-dealkylation sites (tertiary alicyclic amines) is 1. The maximum Gasteiger partial charge on any atom is 0.242 e. The summed E-state index contributed by atoms with van der Waals surface area (Å²) in [6.07, 6.45) is 6.90. The fourth-order valence-electron chi connectivity index (χ4n) is 3.14. The fraction of sp³-hybridized carbons (Fsp3) is 0.688. The molecule has 7 heteroatoms. The van der Waals surface area contributed by atoms with Crippen LogP contribution < -0.4 is 0 Å². The molecular weight excluding hydrogens is 296 g/mol. The Kier molecular flexibility index (Phi) is 5.27. The van der Waals surface area contributed by atoms with E-state index in [1.54, 1.807) is 11.1 Å². The monoisotopic (exact) mass is 320 g/mol. The molecule has 3 heterocycles. The Morgan fingerprint density at radius 3 is 3.00 bits per heavy atom. The van der Waals surface area contributed by atoms with E-state index in [1.807, 2.05) is 21.8 Å². The van der Waals surface area contributed by atoms with Gasteiger partial charge in [-0.25, -0.2) is 0 Å². The highest BCUT2D eigenvalue weighted by Gasteiger charge is 2.26. The van der Waals surface area contributed by atoms with Crippen molar-refractivity contribution in [3.63, 3.8) is 0 Å². The summed E-state index contributed by atoms with van der Waals surface area (Å²) in [4.78, 5) is 28.0. The molecule has 0 unspecified atom stereocenters. The van der Waals surface area contributed by atoms with E-state index >= 15 is 0 Å². The summed E-state index contributed by atoms with van der Waals surface area (Å²) in [6, 6.07) is 1.88. The minimum absolute atomic E-state index is 0.0243. The van der Waals surface area contributed by atoms with Gasteiger partial charge in [-0.05, 0) is 25.3 Å². The zero-order chi connectivity index (χ0) is 16.1. The van der Waals surface area contributed by atoms with E-state index in [2.05, 4.69) is 5.10 Å². The first kappa shape index (κ1) is 16.0. The Hall–Kier alpha value is -1.89. The fourth-order valence-corrected chi connectivity index (χ4v) is 3.14. The normalized spacial score (nSPS) is 23.0. The maximum absolute atomic E-state index is 12.6. The molecule has 126 valence electrons. The van der Waals surface area contributed by atoms with Gasteiger partial charge in [0.2, 0.25) is 11.8 Å². The zero-order valence-corrected chi connectivity index (χ0v) is 13.4. The standard InChI is InChI=1S/C16H24N4O3/c21-15-5-1-2-7-19(15)13-16(22)18-8-4-10-23-14(11-18)12-20-9-3-6-17-20/h3,6,9,14H,1-2,4-5,7-8,10-13H2/t14-/m1/s1. The summed E-state index contributed by atoms with van der Waals surface area (Å²) in [6.45, 7) is 3.44. The van der Waals surface area contributed by atoms with E-state index in [0.29, 0.717) is 39.2 Å². The van der Waals surface area contributed by atoms with E-state index in [1.165, 1.54) is 0 Å². The molecule has 0 aliphatic carbocycles. The highest BCUT2D eigenvalue weighted by Crippen LogP contribution is 2.13. The Labute approximate surface area is 136 Å². The van der Waals surface area contributed by atoms with Gasteiger partial charge in [-0.1, -0.05) is 0 Å². The molecule has 1 atom stereocenters. The molecule has 0 N–H and O–H groups in total. The zero-order valence-electron chi connectivity index (χ0n) is 13.4. The molecule has 2 fully saturated rings. The van der Waals surface area contributed by atoms with Crippen LogP contribution in [0.25, 0.3) is 0 Å². The topological polar surface area (TPSA) is 67.7 Å². The molecule has 0 radical (unpaired) electrons. The first-order valence-corrected chi connectivity index (χ1v) is 8.37. The SMILES string of the molecule is O=C1CCCCN1CC(=O)N1CCCO[C@@H](Cn2cccn2)C1. The van der Waals surface area contributed by atoms with Crippen molar-refractivity contribution in [1.29, 1.82) is 0 Å². The molecule has 2 amide bonds. The highest BCUT2D eigenvalue weighted by molar-refractivity contribution is 5.85. The van der Waals surface area contributed by atoms with Crippen molar-refractivity contribution in [2.75, 3.05) is 32.8 Å². The number of piperidine rings is 1. The predicted molar refractivity (Wildman–Crippen MR) is 83.6 cm³/mol. The molecule has 1 aromatic heterocycles. The van der Waals surface area contributed by atoms with Crippen molar-refractivity contribution < 1.29 is 14.3 Å². The third-order valence-corrected chi connectivity index (χ3v) is 4.40. The van der Waals surface area contributed by atoms with E-state index in [0.717, 1.165) is 19.3 Å². The molecule has 2 aliphatic rings. The second kappa shape index (κ2) is 7.59. The number of nitrogens with zero attached hydrogens (tertiary/aromatic N) is 4. The molecule has 0 bridgehead atoms. The molecule has 2 saturated heterocycles. The van der Waals surface area contributed by atoms with Crippen LogP contribution >= 0.6 is 0 Å². The number of aromatic nitrogens is 2. The lowest BCUT2D eigenvalue weighted by atomic mass is 10.1. The first-order chi connectivity index (χ1) is 11.2. The predicted octanol–water partition coefficient (Wildman–Crippen LogP) is 0.513. The summed E-state index contributed by atoms with van der Waals surface area (Å²) < 4.78 is 7.66. The van der Waals surface area contributed by atoms with E-state index < -0.39 is 0 Å². The van der Waals surface area contributed by atoms with Gasteiger partial charge in [-0.2, -0.15) is 5.10 Å². The number of carbonyl (C=O) groups is 2. The van der Waals surface area contributed by atoms with Gasteiger partial charge in [0.15, 0.2) is 0 Å². The van der Waals surface area contributed by atoms with Gasteiger partial charge >= 0.3 is 0 Å². The van der Waals surface area contributed by atoms with Crippen LogP contribution in [0.2, 0.25) is 0 Å². The average Bonchev–Trinajstić information content (AvgIpc) is 2.93. The number of ether oxygens (including phenoxy) is 1. The van der Waals surface area contributed by atoms with Gasteiger partial charge in [0, 0.05) is 45.1 Å². The van der Waals surface area contributed by atoms with E-state index in [9.17, 15) is 9.59 Å². The van der Waals surface area contributed by atoms with Crippen LogP contribution in [-0.4, -0.2) is 70.3 Å². The second-order valence-electron chi connectivity index (χ2n) is 6.19. The minimum Gasteiger partial charge on any atom is -0.374 e. The van der Waals surface area contributed by atoms with Gasteiger partial charge in [0.05, 0.1) is 19.2 Å². The molecule has 1 aromatic rings. The summed E-state index contributed by atoms with van der Waals surface area (Å²) in [5.74, 6) is 0.125. The Balaban J connectivity index is 1.56. The summed E-state index contributed by atoms with van der Waals surface area (Å²) in [5.41, 5.74) is 0. The van der Waals surface area contributed by atoms with Crippen LogP contribution in [0.1, 0.15) is 25.7 Å². The third kappa shape index (κ3) is 4.31. The summed E-state index contributed by atoms with van der Waals surface area (Å²) in [7, 11) is 0. The number of hydrogen-bond donors (Lipinski definition) is 0. The number of amides is 2. The van der Waals surface area contributed by atoms with Gasteiger partial charge in [-0.15, -0.1) is 0 Å². The third-order valence-electron chi connectivity index (χ3n) is 4.40. The summed E-state index contributed by atoms with van der Waals surface area (Å²) >= 11 is 0. The van der Waals surface area contributed by atoms with Crippen molar-refractivity contribution in [3.8, 4) is 0 Å². The number of rotatable bonds is 4. The van der Waals surface area contributed by atoms with Crippen LogP contribution in [0.15, 0.2) is 18.5 Å². The molecule has 0 saturated carbocycles. The van der Waals surface area contributed by atoms with Crippen molar-refractivity contribution in [2.45, 2.75) is 38.3 Å². The van der Waals surface area contributed by atoms with E-state index in [-0.39, 0.29) is 24.5 Å². The minimum atomic E-state index is -0.0570. The van der Waals surface area contributed by atoms with Crippen LogP contribution in [0.3, 0.4) is 0 Å². The lowest BCUT2D eigenvalue weighted by Gasteiger charge is -2.30. The van der Waals surface area contributed by atoms with Crippen molar-refractivity contribution >= 4 is 11.8 Å². The second-order valence-corrected chi connectivity index (χ2v) is 6.19. The van der Waals surface area contributed by atoms with Crippen molar-refractivity contribution in [1.82, 2.24) is 19.6 Å². The largest absolute Gasteiger partial charge is 0.374 e. The van der Waals surface area contributed by atoms with Gasteiger partial charge < -0.3 is 14.5 Å². The van der Waals surface area contributed by atoms with Gasteiger partial charge in [0.25, 0.3) is 0 Å². The van der Waals surface area contributed by atoms with Crippen molar-refractivity contribution in [2.24, 2.45) is 0 Å². The van der Waals surface area contributed by atoms with Gasteiger partial charge in [-0.3, -0.25) is 14.3 Å². The van der Waals surface area contributed by atoms with Crippen molar-refractivity contribution in [3.05, 3.63) is 18.5 Å². The van der Waals surface area contributed by atoms with Crippen LogP contribution in [0.5, 0.6) is 0 Å². The highest BCUT2D eigenvalue weighted by atomic mass is 16.5. The Morgan fingerprint density at radius 1 is 1.30 bits per heavy atom. The molecule has 0 aromatic carbocycles. The maximum atomic E-state index is 12.6. The Morgan fingerprint density at radius 2 is 2.22 bits per heavy atom. The number of carbonyl (C=O) groups excluding carboxylic acids is 2. The molecule has 0 spiro atoms. The Bertz CT molecular complexity index is 531.